The van der Waals surface area contributed by atoms with E-state index in [1.54, 1.807) is 12.1 Å². The van der Waals surface area contributed by atoms with E-state index in [1.807, 2.05) is 24.3 Å². The molecule has 2 rings (SSSR count). The summed E-state index contributed by atoms with van der Waals surface area (Å²) >= 11 is 5.84. The molecule has 2 heteroatoms. The summed E-state index contributed by atoms with van der Waals surface area (Å²) in [4.78, 5) is 0. The van der Waals surface area contributed by atoms with Crippen molar-refractivity contribution in [1.29, 1.82) is 0 Å². The van der Waals surface area contributed by atoms with Crippen LogP contribution in [0.15, 0.2) is 66.2 Å². The van der Waals surface area contributed by atoms with Crippen molar-refractivity contribution in [3.05, 3.63) is 82.4 Å². The van der Waals surface area contributed by atoms with Crippen molar-refractivity contribution in [3.8, 4) is 0 Å². The number of rotatable bonds is 5. The van der Waals surface area contributed by atoms with E-state index in [2.05, 4.69) is 31.2 Å². The zero-order valence-electron chi connectivity index (χ0n) is 11.6. The Hall–Kier alpha value is -1.57. The highest BCUT2D eigenvalue weighted by molar-refractivity contribution is 6.30. The van der Waals surface area contributed by atoms with Crippen LogP contribution >= 0.6 is 11.6 Å². The van der Waals surface area contributed by atoms with Gasteiger partial charge < -0.3 is 5.11 Å². The highest BCUT2D eigenvalue weighted by Crippen LogP contribution is 2.20. The molecule has 0 aliphatic heterocycles. The van der Waals surface area contributed by atoms with Gasteiger partial charge in [0.1, 0.15) is 0 Å². The van der Waals surface area contributed by atoms with Crippen LogP contribution in [-0.4, -0.2) is 5.11 Å². The van der Waals surface area contributed by atoms with Crippen molar-refractivity contribution < 1.29 is 5.11 Å². The van der Waals surface area contributed by atoms with Crippen LogP contribution in [0, 0.1) is 0 Å². The summed E-state index contributed by atoms with van der Waals surface area (Å²) in [7, 11) is 0. The maximum absolute atomic E-state index is 10.2. The lowest BCUT2D eigenvalue weighted by molar-refractivity contribution is 0.227. The summed E-state index contributed by atoms with van der Waals surface area (Å²) in [5.74, 6) is 0. The van der Waals surface area contributed by atoms with Gasteiger partial charge in [-0.2, -0.15) is 0 Å². The van der Waals surface area contributed by atoms with Crippen LogP contribution in [0.5, 0.6) is 0 Å². The fraction of sp³-hybridized carbons (Fsp3) is 0.222. The molecule has 0 bridgehead atoms. The number of hydrogen-bond acceptors (Lipinski definition) is 1. The molecule has 2 aromatic rings. The number of halogens is 1. The number of hydrogen-bond donors (Lipinski definition) is 1. The lowest BCUT2D eigenvalue weighted by Gasteiger charge is -2.09. The molecular formula is C18H19ClO. The van der Waals surface area contributed by atoms with Gasteiger partial charge in [0.2, 0.25) is 0 Å². The molecule has 0 aliphatic carbocycles. The van der Waals surface area contributed by atoms with Gasteiger partial charge in [-0.15, -0.1) is 0 Å². The molecule has 2 aromatic carbocycles. The van der Waals surface area contributed by atoms with Gasteiger partial charge in [0, 0.05) is 5.02 Å². The van der Waals surface area contributed by atoms with Crippen LogP contribution in [0.1, 0.15) is 30.6 Å². The second-order valence-electron chi connectivity index (χ2n) is 5.00. The molecular weight excluding hydrogens is 268 g/mol. The minimum atomic E-state index is -0.567. The first-order chi connectivity index (χ1) is 9.65. The maximum atomic E-state index is 10.2. The van der Waals surface area contributed by atoms with Gasteiger partial charge in [-0.05, 0) is 43.0 Å². The topological polar surface area (TPSA) is 20.2 Å². The van der Waals surface area contributed by atoms with E-state index < -0.39 is 6.10 Å². The summed E-state index contributed by atoms with van der Waals surface area (Å²) in [6.07, 6.45) is 3.29. The monoisotopic (exact) mass is 286 g/mol. The average molecular weight is 287 g/mol. The third kappa shape index (κ3) is 4.52. The first-order valence-electron chi connectivity index (χ1n) is 6.80. The molecule has 104 valence electrons. The van der Waals surface area contributed by atoms with E-state index in [1.165, 1.54) is 11.1 Å². The van der Waals surface area contributed by atoms with Crippen LogP contribution < -0.4 is 0 Å². The minimum absolute atomic E-state index is 0.567. The summed E-state index contributed by atoms with van der Waals surface area (Å²) in [5, 5.41) is 10.8. The highest BCUT2D eigenvalue weighted by atomic mass is 35.5. The van der Waals surface area contributed by atoms with E-state index in [0.717, 1.165) is 18.4 Å². The van der Waals surface area contributed by atoms with Gasteiger partial charge in [-0.1, -0.05) is 65.7 Å². The Kier molecular flexibility index (Phi) is 5.40. The Morgan fingerprint density at radius 1 is 1.10 bits per heavy atom. The first kappa shape index (κ1) is 14.8. The van der Waals surface area contributed by atoms with Gasteiger partial charge in [0.25, 0.3) is 0 Å². The van der Waals surface area contributed by atoms with E-state index in [4.69, 9.17) is 11.6 Å². The molecule has 0 amide bonds. The molecule has 1 unspecified atom stereocenters. The summed E-state index contributed by atoms with van der Waals surface area (Å²) in [5.41, 5.74) is 3.38. The van der Waals surface area contributed by atoms with Gasteiger partial charge in [-0.25, -0.2) is 0 Å². The molecule has 1 atom stereocenters. The lowest BCUT2D eigenvalue weighted by atomic mass is 10.0. The fourth-order valence-corrected chi connectivity index (χ4v) is 2.22. The molecule has 20 heavy (non-hydrogen) atoms. The summed E-state index contributed by atoms with van der Waals surface area (Å²) in [6, 6.07) is 17.7. The SMILES string of the molecule is C/C(=C\C(O)c1ccc(Cl)cc1)CCc1ccccc1. The Balaban J connectivity index is 1.94. The standard InChI is InChI=1S/C18H19ClO/c1-14(7-8-15-5-3-2-4-6-15)13-18(20)16-9-11-17(19)12-10-16/h2-6,9-13,18,20H,7-8H2,1H3/b14-13+. The molecule has 0 fully saturated rings. The lowest BCUT2D eigenvalue weighted by Crippen LogP contribution is -1.95. The average Bonchev–Trinajstić information content (AvgIpc) is 2.47. The number of benzene rings is 2. The molecule has 0 aromatic heterocycles. The van der Waals surface area contributed by atoms with Crippen LogP contribution in [0.25, 0.3) is 0 Å². The van der Waals surface area contributed by atoms with Gasteiger partial charge in [-0.3, -0.25) is 0 Å². The molecule has 0 saturated carbocycles. The van der Waals surface area contributed by atoms with Gasteiger partial charge in [0.05, 0.1) is 6.10 Å². The van der Waals surface area contributed by atoms with Crippen LogP contribution in [-0.2, 0) is 6.42 Å². The normalized spacial score (nSPS) is 13.2. The van der Waals surface area contributed by atoms with E-state index in [-0.39, 0.29) is 0 Å². The Bertz CT molecular complexity index is 558. The number of aryl methyl sites for hydroxylation is 1. The molecule has 0 spiro atoms. The number of allylic oxidation sites excluding steroid dienone is 1. The Labute approximate surface area is 125 Å². The Morgan fingerprint density at radius 2 is 1.75 bits per heavy atom. The number of aliphatic hydroxyl groups excluding tert-OH is 1. The molecule has 0 radical (unpaired) electrons. The molecule has 0 saturated heterocycles. The predicted octanol–water partition coefficient (Wildman–Crippen LogP) is 4.95. The van der Waals surface area contributed by atoms with Crippen LogP contribution in [0.3, 0.4) is 0 Å². The van der Waals surface area contributed by atoms with Crippen molar-refractivity contribution in [1.82, 2.24) is 0 Å². The van der Waals surface area contributed by atoms with Gasteiger partial charge >= 0.3 is 0 Å². The summed E-state index contributed by atoms with van der Waals surface area (Å²) < 4.78 is 0. The predicted molar refractivity (Wildman–Crippen MR) is 84.9 cm³/mol. The molecule has 0 aliphatic rings. The van der Waals surface area contributed by atoms with Crippen molar-refractivity contribution >= 4 is 11.6 Å². The minimum Gasteiger partial charge on any atom is -0.384 e. The van der Waals surface area contributed by atoms with Crippen LogP contribution in [0.4, 0.5) is 0 Å². The van der Waals surface area contributed by atoms with Gasteiger partial charge in [0.15, 0.2) is 0 Å². The maximum Gasteiger partial charge on any atom is 0.0974 e. The smallest absolute Gasteiger partial charge is 0.0974 e. The van der Waals surface area contributed by atoms with E-state index in [9.17, 15) is 5.11 Å². The van der Waals surface area contributed by atoms with Crippen molar-refractivity contribution in [2.45, 2.75) is 25.9 Å². The second kappa shape index (κ2) is 7.28. The third-order valence-electron chi connectivity index (χ3n) is 3.30. The highest BCUT2D eigenvalue weighted by Gasteiger charge is 2.04. The van der Waals surface area contributed by atoms with E-state index >= 15 is 0 Å². The van der Waals surface area contributed by atoms with Crippen molar-refractivity contribution in [2.24, 2.45) is 0 Å². The zero-order chi connectivity index (χ0) is 14.4. The molecule has 0 heterocycles. The van der Waals surface area contributed by atoms with Crippen molar-refractivity contribution in [3.63, 3.8) is 0 Å². The largest absolute Gasteiger partial charge is 0.384 e. The molecule has 1 nitrogen and oxygen atoms in total. The first-order valence-corrected chi connectivity index (χ1v) is 7.17. The van der Waals surface area contributed by atoms with Crippen molar-refractivity contribution in [2.75, 3.05) is 0 Å². The summed E-state index contributed by atoms with van der Waals surface area (Å²) in [6.45, 7) is 2.06. The Morgan fingerprint density at radius 3 is 2.40 bits per heavy atom. The fourth-order valence-electron chi connectivity index (χ4n) is 2.10. The quantitative estimate of drug-likeness (QED) is 0.771. The number of aliphatic hydroxyl groups is 1. The molecule has 1 N–H and O–H groups in total. The third-order valence-corrected chi connectivity index (χ3v) is 3.56. The zero-order valence-corrected chi connectivity index (χ0v) is 12.3. The van der Waals surface area contributed by atoms with Crippen LogP contribution in [0.2, 0.25) is 5.02 Å². The second-order valence-corrected chi connectivity index (χ2v) is 5.43. The van der Waals surface area contributed by atoms with E-state index in [0.29, 0.717) is 5.02 Å².